The van der Waals surface area contributed by atoms with Gasteiger partial charge in [0.1, 0.15) is 5.75 Å². The molecule has 0 saturated carbocycles. The number of ether oxygens (including phenoxy) is 1. The Bertz CT molecular complexity index is 831. The molecule has 2 aromatic carbocycles. The number of nitrogens with one attached hydrogen (secondary N) is 1. The summed E-state index contributed by atoms with van der Waals surface area (Å²) < 4.78 is 41.2. The van der Waals surface area contributed by atoms with Gasteiger partial charge in [-0.15, -0.1) is 13.2 Å². The molecule has 2 rings (SSSR count). The highest BCUT2D eigenvalue weighted by Crippen LogP contribution is 2.26. The molecular weight excluding hydrogens is 359 g/mol. The lowest BCUT2D eigenvalue weighted by atomic mass is 10.1. The molecule has 5 nitrogen and oxygen atoms in total. The fraction of sp³-hybridized carbons (Fsp3) is 0.263. The molecule has 0 atom stereocenters. The molecule has 1 amide bonds. The zero-order valence-corrected chi connectivity index (χ0v) is 14.6. The molecule has 0 spiro atoms. The van der Waals surface area contributed by atoms with Gasteiger partial charge in [-0.2, -0.15) is 5.26 Å². The zero-order valence-electron chi connectivity index (χ0n) is 14.6. The molecule has 8 heteroatoms. The number of hydrogen-bond acceptors (Lipinski definition) is 4. The van der Waals surface area contributed by atoms with Crippen molar-refractivity contribution in [2.45, 2.75) is 19.5 Å². The van der Waals surface area contributed by atoms with E-state index in [2.05, 4.69) is 16.1 Å². The first-order chi connectivity index (χ1) is 12.8. The molecule has 0 heterocycles. The van der Waals surface area contributed by atoms with Crippen LogP contribution in [0.15, 0.2) is 48.5 Å². The van der Waals surface area contributed by atoms with Crippen molar-refractivity contribution in [2.75, 3.05) is 13.6 Å². The summed E-state index contributed by atoms with van der Waals surface area (Å²) in [5.74, 6) is -0.678. The Morgan fingerprint density at radius 2 is 1.96 bits per heavy atom. The molecule has 0 aliphatic carbocycles. The third kappa shape index (κ3) is 6.99. The number of alkyl halides is 3. The number of hydrogen-bond donors (Lipinski definition) is 1. The molecule has 2 aromatic rings. The lowest BCUT2D eigenvalue weighted by Crippen LogP contribution is -2.34. The van der Waals surface area contributed by atoms with E-state index < -0.39 is 6.36 Å². The smallest absolute Gasteiger partial charge is 0.405 e. The number of amides is 1. The Balaban J connectivity index is 1.88. The first-order valence-corrected chi connectivity index (χ1v) is 8.05. The van der Waals surface area contributed by atoms with E-state index in [1.165, 1.54) is 18.2 Å². The molecule has 0 aliphatic heterocycles. The van der Waals surface area contributed by atoms with Gasteiger partial charge in [0.05, 0.1) is 18.2 Å². The maximum absolute atomic E-state index is 12.4. The molecule has 0 aromatic heterocycles. The van der Waals surface area contributed by atoms with E-state index in [1.54, 1.807) is 36.2 Å². The quantitative estimate of drug-likeness (QED) is 0.805. The topological polar surface area (TPSA) is 65.4 Å². The fourth-order valence-electron chi connectivity index (χ4n) is 2.48. The lowest BCUT2D eigenvalue weighted by molar-refractivity contribution is -0.274. The molecule has 27 heavy (non-hydrogen) atoms. The average Bonchev–Trinajstić information content (AvgIpc) is 2.59. The van der Waals surface area contributed by atoms with E-state index in [0.29, 0.717) is 12.1 Å². The minimum absolute atomic E-state index is 0.0546. The molecular formula is C19H18F3N3O2. The highest BCUT2D eigenvalue weighted by Gasteiger charge is 2.31. The predicted molar refractivity (Wildman–Crippen MR) is 92.5 cm³/mol. The second-order valence-electron chi connectivity index (χ2n) is 5.92. The van der Waals surface area contributed by atoms with Gasteiger partial charge in [0.15, 0.2) is 0 Å². The summed E-state index contributed by atoms with van der Waals surface area (Å²) in [6.45, 7) is 0.429. The number of benzene rings is 2. The van der Waals surface area contributed by atoms with Gasteiger partial charge in [-0.05, 0) is 30.8 Å². The normalized spacial score (nSPS) is 11.1. The number of nitrogens with zero attached hydrogens (tertiary/aromatic N) is 2. The lowest BCUT2D eigenvalue weighted by Gasteiger charge is -2.17. The Morgan fingerprint density at radius 1 is 1.22 bits per heavy atom. The van der Waals surface area contributed by atoms with Gasteiger partial charge < -0.3 is 10.1 Å². The molecule has 0 saturated heterocycles. The summed E-state index contributed by atoms with van der Waals surface area (Å²) in [5.41, 5.74) is 1.65. The Hall–Kier alpha value is -3.05. The highest BCUT2D eigenvalue weighted by atomic mass is 19.4. The molecule has 1 N–H and O–H groups in total. The number of halogens is 3. The van der Waals surface area contributed by atoms with Gasteiger partial charge in [0.25, 0.3) is 0 Å². The third-order valence-electron chi connectivity index (χ3n) is 3.60. The van der Waals surface area contributed by atoms with E-state index in [1.807, 2.05) is 6.07 Å². The van der Waals surface area contributed by atoms with Crippen LogP contribution in [0.3, 0.4) is 0 Å². The number of para-hydroxylation sites is 1. The molecule has 142 valence electrons. The van der Waals surface area contributed by atoms with E-state index in [9.17, 15) is 18.0 Å². The maximum Gasteiger partial charge on any atom is 0.573 e. The van der Waals surface area contributed by atoms with Gasteiger partial charge in [-0.3, -0.25) is 9.69 Å². The van der Waals surface area contributed by atoms with Crippen molar-refractivity contribution in [1.29, 1.82) is 5.26 Å². The standard InChI is InChI=1S/C19H18F3N3O2/c1-25(12-15-6-4-5-14(9-15)10-23)13-18(26)24-11-16-7-2-3-8-17(16)27-19(20,21)22/h2-9H,11-13H2,1H3,(H,24,26). The number of carbonyl (C=O) groups is 1. The SMILES string of the molecule is CN(CC(=O)NCc1ccccc1OC(F)(F)F)Cc1cccc(C#N)c1. The maximum atomic E-state index is 12.4. The van der Waals surface area contributed by atoms with Crippen LogP contribution in [0, 0.1) is 11.3 Å². The van der Waals surface area contributed by atoms with Crippen molar-refractivity contribution in [3.8, 4) is 11.8 Å². The predicted octanol–water partition coefficient (Wildman–Crippen LogP) is 3.21. The van der Waals surface area contributed by atoms with Gasteiger partial charge in [-0.25, -0.2) is 0 Å². The molecule has 0 radical (unpaired) electrons. The monoisotopic (exact) mass is 377 g/mol. The van der Waals surface area contributed by atoms with E-state index in [4.69, 9.17) is 5.26 Å². The van der Waals surface area contributed by atoms with Crippen LogP contribution >= 0.6 is 0 Å². The Morgan fingerprint density at radius 3 is 2.67 bits per heavy atom. The van der Waals surface area contributed by atoms with Crippen molar-refractivity contribution < 1.29 is 22.7 Å². The second-order valence-corrected chi connectivity index (χ2v) is 5.92. The Kier molecular flexibility index (Phi) is 6.79. The van der Waals surface area contributed by atoms with Crippen LogP contribution < -0.4 is 10.1 Å². The van der Waals surface area contributed by atoms with Crippen LogP contribution in [0.2, 0.25) is 0 Å². The van der Waals surface area contributed by atoms with Gasteiger partial charge >= 0.3 is 6.36 Å². The van der Waals surface area contributed by atoms with Gasteiger partial charge in [0.2, 0.25) is 5.91 Å². The minimum atomic E-state index is -4.79. The van der Waals surface area contributed by atoms with Crippen LogP contribution in [-0.4, -0.2) is 30.8 Å². The fourth-order valence-corrected chi connectivity index (χ4v) is 2.48. The van der Waals surface area contributed by atoms with Crippen molar-refractivity contribution in [1.82, 2.24) is 10.2 Å². The second kappa shape index (κ2) is 9.05. The number of nitriles is 1. The van der Waals surface area contributed by atoms with Crippen LogP contribution in [-0.2, 0) is 17.9 Å². The highest BCUT2D eigenvalue weighted by molar-refractivity contribution is 5.78. The number of likely N-dealkylation sites (N-methyl/N-ethyl adjacent to an activating group) is 1. The van der Waals surface area contributed by atoms with E-state index >= 15 is 0 Å². The third-order valence-corrected chi connectivity index (χ3v) is 3.60. The largest absolute Gasteiger partial charge is 0.573 e. The summed E-state index contributed by atoms with van der Waals surface area (Å²) in [5, 5.41) is 11.5. The van der Waals surface area contributed by atoms with Crippen molar-refractivity contribution in [3.63, 3.8) is 0 Å². The van der Waals surface area contributed by atoms with Crippen molar-refractivity contribution >= 4 is 5.91 Å². The molecule has 0 aliphatic rings. The van der Waals surface area contributed by atoms with E-state index in [0.717, 1.165) is 5.56 Å². The van der Waals surface area contributed by atoms with Crippen LogP contribution in [0.1, 0.15) is 16.7 Å². The summed E-state index contributed by atoms with van der Waals surface area (Å²) in [6.07, 6.45) is -4.79. The Labute approximate surface area is 155 Å². The van der Waals surface area contributed by atoms with Crippen LogP contribution in [0.25, 0.3) is 0 Å². The van der Waals surface area contributed by atoms with E-state index in [-0.39, 0.29) is 30.3 Å². The van der Waals surface area contributed by atoms with Crippen LogP contribution in [0.4, 0.5) is 13.2 Å². The molecule has 0 fully saturated rings. The van der Waals surface area contributed by atoms with Crippen LogP contribution in [0.5, 0.6) is 5.75 Å². The summed E-state index contributed by atoms with van der Waals surface area (Å²) >= 11 is 0. The number of rotatable bonds is 7. The van der Waals surface area contributed by atoms with Gasteiger partial charge in [0, 0.05) is 18.7 Å². The number of carbonyl (C=O) groups excluding carboxylic acids is 1. The molecule has 0 bridgehead atoms. The van der Waals surface area contributed by atoms with Gasteiger partial charge in [-0.1, -0.05) is 30.3 Å². The van der Waals surface area contributed by atoms with Crippen molar-refractivity contribution in [3.05, 3.63) is 65.2 Å². The van der Waals surface area contributed by atoms with Crippen molar-refractivity contribution in [2.24, 2.45) is 0 Å². The first-order valence-electron chi connectivity index (χ1n) is 8.05. The summed E-state index contributed by atoms with van der Waals surface area (Å²) in [4.78, 5) is 13.8. The summed E-state index contributed by atoms with van der Waals surface area (Å²) in [7, 11) is 1.74. The summed E-state index contributed by atoms with van der Waals surface area (Å²) in [6, 6.07) is 14.7. The average molecular weight is 377 g/mol. The zero-order chi connectivity index (χ0) is 19.9. The minimum Gasteiger partial charge on any atom is -0.405 e. The molecule has 0 unspecified atom stereocenters. The first kappa shape index (κ1) is 20.3.